The summed E-state index contributed by atoms with van der Waals surface area (Å²) >= 11 is 0. The van der Waals surface area contributed by atoms with E-state index < -0.39 is 0 Å². The van der Waals surface area contributed by atoms with Gasteiger partial charge in [-0.2, -0.15) is 5.10 Å². The second kappa shape index (κ2) is 9.19. The summed E-state index contributed by atoms with van der Waals surface area (Å²) in [4.78, 5) is 11.8. The minimum Gasteiger partial charge on any atom is -0.493 e. The molecule has 0 saturated carbocycles. The first-order valence-corrected chi connectivity index (χ1v) is 7.54. The van der Waals surface area contributed by atoms with Gasteiger partial charge < -0.3 is 14.2 Å². The first-order valence-electron chi connectivity index (χ1n) is 7.54. The first kappa shape index (κ1) is 17.3. The molecule has 0 fully saturated rings. The Balaban J connectivity index is 1.87. The van der Waals surface area contributed by atoms with Crippen molar-refractivity contribution >= 4 is 12.1 Å². The highest BCUT2D eigenvalue weighted by molar-refractivity contribution is 5.85. The van der Waals surface area contributed by atoms with E-state index in [1.165, 1.54) is 6.21 Å². The second-order valence-corrected chi connectivity index (χ2v) is 4.70. The molecule has 0 bridgehead atoms. The Morgan fingerprint density at radius 1 is 1.04 bits per heavy atom. The number of benzene rings is 2. The monoisotopic (exact) mass is 328 g/mol. The van der Waals surface area contributed by atoms with Gasteiger partial charge in [0.25, 0.3) is 5.91 Å². The van der Waals surface area contributed by atoms with Crippen LogP contribution in [0.25, 0.3) is 0 Å². The van der Waals surface area contributed by atoms with Gasteiger partial charge in [0, 0.05) is 5.56 Å². The SMILES string of the molecule is CCOc1ccccc1C=NNC(=O)COc1ccccc1OC. The lowest BCUT2D eigenvalue weighted by Gasteiger charge is -2.09. The number of carbonyl (C=O) groups excluding carboxylic acids is 1. The predicted molar refractivity (Wildman–Crippen MR) is 91.8 cm³/mol. The van der Waals surface area contributed by atoms with Gasteiger partial charge in [-0.05, 0) is 31.2 Å². The zero-order valence-corrected chi connectivity index (χ0v) is 13.7. The van der Waals surface area contributed by atoms with E-state index in [2.05, 4.69) is 10.5 Å². The fraction of sp³-hybridized carbons (Fsp3) is 0.222. The molecule has 0 aromatic heterocycles. The maximum Gasteiger partial charge on any atom is 0.277 e. The van der Waals surface area contributed by atoms with Gasteiger partial charge in [0.05, 0.1) is 19.9 Å². The smallest absolute Gasteiger partial charge is 0.277 e. The Morgan fingerprint density at radius 2 is 1.71 bits per heavy atom. The average Bonchev–Trinajstić information content (AvgIpc) is 2.62. The van der Waals surface area contributed by atoms with Crippen LogP contribution in [0, 0.1) is 0 Å². The van der Waals surface area contributed by atoms with E-state index in [0.717, 1.165) is 5.56 Å². The molecule has 0 aliphatic rings. The predicted octanol–water partition coefficient (Wildman–Crippen LogP) is 2.62. The largest absolute Gasteiger partial charge is 0.493 e. The summed E-state index contributed by atoms with van der Waals surface area (Å²) in [6, 6.07) is 14.6. The summed E-state index contributed by atoms with van der Waals surface area (Å²) in [5, 5.41) is 3.92. The fourth-order valence-electron chi connectivity index (χ4n) is 1.96. The summed E-state index contributed by atoms with van der Waals surface area (Å²) in [5.41, 5.74) is 3.20. The number of para-hydroxylation sites is 3. The Bertz CT molecular complexity index is 701. The van der Waals surface area contributed by atoms with Gasteiger partial charge in [-0.3, -0.25) is 4.79 Å². The molecule has 24 heavy (non-hydrogen) atoms. The Kier molecular flexibility index (Phi) is 6.64. The van der Waals surface area contributed by atoms with Crippen LogP contribution in [0.1, 0.15) is 12.5 Å². The van der Waals surface area contributed by atoms with Crippen molar-refractivity contribution in [1.29, 1.82) is 0 Å². The molecular formula is C18H20N2O4. The van der Waals surface area contributed by atoms with Crippen LogP contribution in [0.3, 0.4) is 0 Å². The Morgan fingerprint density at radius 3 is 2.42 bits per heavy atom. The van der Waals surface area contributed by atoms with E-state index in [9.17, 15) is 4.79 Å². The number of ether oxygens (including phenoxy) is 3. The molecule has 0 radical (unpaired) electrons. The highest BCUT2D eigenvalue weighted by atomic mass is 16.5. The molecule has 1 amide bonds. The van der Waals surface area contributed by atoms with Gasteiger partial charge in [0.2, 0.25) is 0 Å². The zero-order chi connectivity index (χ0) is 17.2. The van der Waals surface area contributed by atoms with Crippen LogP contribution in [-0.4, -0.2) is 32.4 Å². The molecule has 2 aromatic carbocycles. The lowest BCUT2D eigenvalue weighted by molar-refractivity contribution is -0.123. The lowest BCUT2D eigenvalue weighted by atomic mass is 10.2. The Labute approximate surface area is 141 Å². The topological polar surface area (TPSA) is 69.2 Å². The molecule has 126 valence electrons. The van der Waals surface area contributed by atoms with E-state index in [4.69, 9.17) is 14.2 Å². The van der Waals surface area contributed by atoms with Gasteiger partial charge in [-0.1, -0.05) is 24.3 Å². The summed E-state index contributed by atoms with van der Waals surface area (Å²) in [5.74, 6) is 1.41. The van der Waals surface area contributed by atoms with E-state index in [-0.39, 0.29) is 12.5 Å². The van der Waals surface area contributed by atoms with Crippen LogP contribution in [-0.2, 0) is 4.79 Å². The van der Waals surface area contributed by atoms with Crippen LogP contribution in [0.15, 0.2) is 53.6 Å². The van der Waals surface area contributed by atoms with Crippen molar-refractivity contribution < 1.29 is 19.0 Å². The number of amides is 1. The highest BCUT2D eigenvalue weighted by Gasteiger charge is 2.06. The first-order chi connectivity index (χ1) is 11.7. The maximum atomic E-state index is 11.8. The second-order valence-electron chi connectivity index (χ2n) is 4.70. The molecule has 1 N–H and O–H groups in total. The third kappa shape index (κ3) is 5.01. The molecule has 0 heterocycles. The van der Waals surface area contributed by atoms with Crippen molar-refractivity contribution in [3.63, 3.8) is 0 Å². The standard InChI is InChI=1S/C18H20N2O4/c1-3-23-15-9-5-4-8-14(15)12-19-20-18(21)13-24-17-11-7-6-10-16(17)22-2/h4-12H,3,13H2,1-2H3,(H,20,21). The number of nitrogens with zero attached hydrogens (tertiary/aromatic N) is 1. The number of hydrogen-bond acceptors (Lipinski definition) is 5. The fourth-order valence-corrected chi connectivity index (χ4v) is 1.96. The summed E-state index contributed by atoms with van der Waals surface area (Å²) in [6.07, 6.45) is 1.53. The molecule has 0 spiro atoms. The summed E-state index contributed by atoms with van der Waals surface area (Å²) < 4.78 is 16.1. The van der Waals surface area contributed by atoms with Gasteiger partial charge in [0.1, 0.15) is 5.75 Å². The Hall–Kier alpha value is -3.02. The number of hydrazone groups is 1. The molecule has 2 rings (SSSR count). The molecule has 6 nitrogen and oxygen atoms in total. The van der Waals surface area contributed by atoms with E-state index in [1.807, 2.05) is 37.3 Å². The van der Waals surface area contributed by atoms with Crippen molar-refractivity contribution in [2.45, 2.75) is 6.92 Å². The molecule has 2 aromatic rings. The van der Waals surface area contributed by atoms with Crippen molar-refractivity contribution in [1.82, 2.24) is 5.43 Å². The molecule has 0 aliphatic heterocycles. The van der Waals surface area contributed by atoms with Crippen molar-refractivity contribution in [2.75, 3.05) is 20.3 Å². The third-order valence-corrected chi connectivity index (χ3v) is 3.04. The van der Waals surface area contributed by atoms with E-state index in [0.29, 0.717) is 23.9 Å². The maximum absolute atomic E-state index is 11.8. The minimum atomic E-state index is -0.369. The van der Waals surface area contributed by atoms with Crippen molar-refractivity contribution in [3.8, 4) is 17.2 Å². The van der Waals surface area contributed by atoms with Crippen LogP contribution in [0.4, 0.5) is 0 Å². The minimum absolute atomic E-state index is 0.162. The number of carbonyl (C=O) groups is 1. The highest BCUT2D eigenvalue weighted by Crippen LogP contribution is 2.25. The number of methoxy groups -OCH3 is 1. The summed E-state index contributed by atoms with van der Waals surface area (Å²) in [6.45, 7) is 2.31. The molecule has 0 saturated heterocycles. The molecule has 0 atom stereocenters. The van der Waals surface area contributed by atoms with Crippen LogP contribution in [0.5, 0.6) is 17.2 Å². The lowest BCUT2D eigenvalue weighted by Crippen LogP contribution is -2.24. The normalized spacial score (nSPS) is 10.4. The van der Waals surface area contributed by atoms with E-state index >= 15 is 0 Å². The third-order valence-electron chi connectivity index (χ3n) is 3.04. The van der Waals surface area contributed by atoms with Gasteiger partial charge in [0.15, 0.2) is 18.1 Å². The number of hydrogen-bond donors (Lipinski definition) is 1. The average molecular weight is 328 g/mol. The van der Waals surface area contributed by atoms with Gasteiger partial charge in [-0.25, -0.2) is 5.43 Å². The van der Waals surface area contributed by atoms with Crippen LogP contribution < -0.4 is 19.6 Å². The molecule has 6 heteroatoms. The number of rotatable bonds is 8. The van der Waals surface area contributed by atoms with Crippen molar-refractivity contribution in [3.05, 3.63) is 54.1 Å². The van der Waals surface area contributed by atoms with Crippen LogP contribution in [0.2, 0.25) is 0 Å². The van der Waals surface area contributed by atoms with Gasteiger partial charge in [-0.15, -0.1) is 0 Å². The molecular weight excluding hydrogens is 308 g/mol. The van der Waals surface area contributed by atoms with Gasteiger partial charge >= 0.3 is 0 Å². The van der Waals surface area contributed by atoms with Crippen LogP contribution >= 0.6 is 0 Å². The number of nitrogens with one attached hydrogen (secondary N) is 1. The summed E-state index contributed by atoms with van der Waals surface area (Å²) in [7, 11) is 1.54. The molecule has 0 unspecified atom stereocenters. The van der Waals surface area contributed by atoms with Crippen molar-refractivity contribution in [2.24, 2.45) is 5.10 Å². The quantitative estimate of drug-likeness (QED) is 0.597. The molecule has 0 aliphatic carbocycles. The van der Waals surface area contributed by atoms with E-state index in [1.54, 1.807) is 25.3 Å². The zero-order valence-electron chi connectivity index (χ0n) is 13.7.